The highest BCUT2D eigenvalue weighted by Gasteiger charge is 2.31. The standard InChI is InChI=1S/C11H11N5OS/c1-6-14-8-10(17)15(2)7-4-12-5-13-9(7)16(3)11(8)18-6/h4-5H,1-3H3. The Bertz CT molecular complexity index is 638. The van der Waals surface area contributed by atoms with Gasteiger partial charge in [0.05, 0.1) is 11.2 Å². The molecule has 92 valence electrons. The summed E-state index contributed by atoms with van der Waals surface area (Å²) in [5.41, 5.74) is 1.16. The molecule has 0 unspecified atom stereocenters. The molecule has 0 saturated heterocycles. The SMILES string of the molecule is Cc1nc2c(s1)N(C)c1ncncc1N(C)C2=O. The van der Waals surface area contributed by atoms with Crippen LogP contribution in [0, 0.1) is 6.92 Å². The predicted octanol–water partition coefficient (Wildman–Crippen LogP) is 1.60. The first-order valence-electron chi connectivity index (χ1n) is 5.39. The van der Waals surface area contributed by atoms with Crippen LogP contribution in [0.25, 0.3) is 0 Å². The van der Waals surface area contributed by atoms with Crippen LogP contribution in [0.5, 0.6) is 0 Å². The lowest BCUT2D eigenvalue weighted by atomic mass is 10.4. The van der Waals surface area contributed by atoms with Gasteiger partial charge >= 0.3 is 0 Å². The number of rotatable bonds is 0. The lowest BCUT2D eigenvalue weighted by Gasteiger charge is -2.18. The summed E-state index contributed by atoms with van der Waals surface area (Å²) in [6.07, 6.45) is 3.12. The Morgan fingerprint density at radius 1 is 1.28 bits per heavy atom. The minimum Gasteiger partial charge on any atom is -0.317 e. The van der Waals surface area contributed by atoms with Gasteiger partial charge in [-0.05, 0) is 6.92 Å². The molecular formula is C11H11N5OS. The Hall–Kier alpha value is -2.02. The van der Waals surface area contributed by atoms with Gasteiger partial charge in [0.1, 0.15) is 17.0 Å². The van der Waals surface area contributed by atoms with Gasteiger partial charge in [0, 0.05) is 14.1 Å². The van der Waals surface area contributed by atoms with Gasteiger partial charge in [0.25, 0.3) is 5.91 Å². The Morgan fingerprint density at radius 3 is 2.83 bits per heavy atom. The second kappa shape index (κ2) is 3.74. The zero-order valence-electron chi connectivity index (χ0n) is 10.2. The third kappa shape index (κ3) is 1.40. The number of carbonyl (C=O) groups is 1. The van der Waals surface area contributed by atoms with Gasteiger partial charge in [-0.3, -0.25) is 4.79 Å². The van der Waals surface area contributed by atoms with Gasteiger partial charge in [-0.15, -0.1) is 11.3 Å². The maximum Gasteiger partial charge on any atom is 0.279 e. The first kappa shape index (κ1) is 11.1. The van der Waals surface area contributed by atoms with Crippen LogP contribution in [0.15, 0.2) is 12.5 Å². The van der Waals surface area contributed by atoms with E-state index in [4.69, 9.17) is 0 Å². The highest BCUT2D eigenvalue weighted by atomic mass is 32.1. The topological polar surface area (TPSA) is 62.2 Å². The fourth-order valence-corrected chi connectivity index (χ4v) is 2.83. The first-order chi connectivity index (χ1) is 8.59. The molecule has 0 bridgehead atoms. The average Bonchev–Trinajstić information content (AvgIpc) is 2.75. The number of aryl methyl sites for hydroxylation is 1. The van der Waals surface area contributed by atoms with Crippen molar-refractivity contribution in [1.29, 1.82) is 0 Å². The summed E-state index contributed by atoms with van der Waals surface area (Å²) in [6.45, 7) is 1.89. The number of hydrogen-bond acceptors (Lipinski definition) is 6. The van der Waals surface area contributed by atoms with Gasteiger partial charge in [0.2, 0.25) is 0 Å². The average molecular weight is 261 g/mol. The van der Waals surface area contributed by atoms with Crippen LogP contribution in [0.4, 0.5) is 16.5 Å². The molecule has 6 nitrogen and oxygen atoms in total. The summed E-state index contributed by atoms with van der Waals surface area (Å²) in [5, 5.41) is 1.69. The molecule has 0 aromatic carbocycles. The van der Waals surface area contributed by atoms with Gasteiger partial charge in [0.15, 0.2) is 11.5 Å². The minimum absolute atomic E-state index is 0.130. The summed E-state index contributed by atoms with van der Waals surface area (Å²) < 4.78 is 0. The van der Waals surface area contributed by atoms with E-state index in [1.54, 1.807) is 13.2 Å². The van der Waals surface area contributed by atoms with E-state index >= 15 is 0 Å². The van der Waals surface area contributed by atoms with Crippen molar-refractivity contribution in [2.75, 3.05) is 23.9 Å². The van der Waals surface area contributed by atoms with Crippen molar-refractivity contribution < 1.29 is 4.79 Å². The van der Waals surface area contributed by atoms with Crippen molar-refractivity contribution in [3.05, 3.63) is 23.2 Å². The lowest BCUT2D eigenvalue weighted by molar-refractivity contribution is 0.0990. The van der Waals surface area contributed by atoms with E-state index in [2.05, 4.69) is 15.0 Å². The van der Waals surface area contributed by atoms with E-state index in [-0.39, 0.29) is 5.91 Å². The van der Waals surface area contributed by atoms with E-state index in [0.29, 0.717) is 17.2 Å². The van der Waals surface area contributed by atoms with Crippen LogP contribution in [0.2, 0.25) is 0 Å². The highest BCUT2D eigenvalue weighted by Crippen LogP contribution is 2.39. The molecule has 0 saturated carbocycles. The normalized spacial score (nSPS) is 14.3. The Labute approximate surface area is 108 Å². The fraction of sp³-hybridized carbons (Fsp3) is 0.273. The largest absolute Gasteiger partial charge is 0.317 e. The number of carbonyl (C=O) groups excluding carboxylic acids is 1. The molecule has 2 aromatic heterocycles. The van der Waals surface area contributed by atoms with Crippen LogP contribution in [0.3, 0.4) is 0 Å². The summed E-state index contributed by atoms with van der Waals surface area (Å²) in [5.74, 6) is 0.581. The molecule has 0 N–H and O–H groups in total. The summed E-state index contributed by atoms with van der Waals surface area (Å²) >= 11 is 1.49. The van der Waals surface area contributed by atoms with E-state index in [0.717, 1.165) is 10.0 Å². The van der Waals surface area contributed by atoms with E-state index in [9.17, 15) is 4.79 Å². The molecule has 0 radical (unpaired) electrons. The molecule has 3 heterocycles. The number of amides is 1. The molecule has 2 aromatic rings. The van der Waals surface area contributed by atoms with Crippen LogP contribution >= 0.6 is 11.3 Å². The van der Waals surface area contributed by atoms with Crippen LogP contribution in [-0.4, -0.2) is 35.0 Å². The molecule has 7 heteroatoms. The number of thiazole rings is 1. The second-order valence-electron chi connectivity index (χ2n) is 4.04. The molecule has 0 atom stereocenters. The Morgan fingerprint density at radius 2 is 2.06 bits per heavy atom. The number of hydrogen-bond donors (Lipinski definition) is 0. The van der Waals surface area contributed by atoms with E-state index in [1.807, 2.05) is 18.9 Å². The third-order valence-electron chi connectivity index (χ3n) is 2.88. The van der Waals surface area contributed by atoms with Crippen LogP contribution in [-0.2, 0) is 0 Å². The highest BCUT2D eigenvalue weighted by molar-refractivity contribution is 7.16. The maximum atomic E-state index is 12.3. The molecular weight excluding hydrogens is 250 g/mol. The van der Waals surface area contributed by atoms with Gasteiger partial charge < -0.3 is 9.80 Å². The Balaban J connectivity index is 2.30. The van der Waals surface area contributed by atoms with Crippen LogP contribution in [0.1, 0.15) is 15.5 Å². The molecule has 1 aliphatic heterocycles. The summed E-state index contributed by atoms with van der Waals surface area (Å²) in [7, 11) is 3.59. The second-order valence-corrected chi connectivity index (χ2v) is 5.22. The Kier molecular flexibility index (Phi) is 2.30. The summed E-state index contributed by atoms with van der Waals surface area (Å²) in [4.78, 5) is 28.3. The molecule has 0 aliphatic carbocycles. The van der Waals surface area contributed by atoms with Crippen molar-refractivity contribution in [2.45, 2.75) is 6.92 Å². The number of anilines is 3. The molecule has 0 spiro atoms. The van der Waals surface area contributed by atoms with E-state index in [1.165, 1.54) is 22.6 Å². The van der Waals surface area contributed by atoms with Crippen molar-refractivity contribution in [2.24, 2.45) is 0 Å². The van der Waals surface area contributed by atoms with Crippen LogP contribution < -0.4 is 9.80 Å². The zero-order chi connectivity index (χ0) is 12.9. The number of aromatic nitrogens is 3. The van der Waals surface area contributed by atoms with Gasteiger partial charge in [-0.1, -0.05) is 0 Å². The zero-order valence-corrected chi connectivity index (χ0v) is 11.0. The van der Waals surface area contributed by atoms with Crippen molar-refractivity contribution >= 4 is 33.8 Å². The molecule has 3 rings (SSSR count). The van der Waals surface area contributed by atoms with Crippen molar-refractivity contribution in [3.63, 3.8) is 0 Å². The minimum atomic E-state index is -0.130. The van der Waals surface area contributed by atoms with Crippen molar-refractivity contribution in [1.82, 2.24) is 15.0 Å². The van der Waals surface area contributed by atoms with Crippen molar-refractivity contribution in [3.8, 4) is 0 Å². The lowest BCUT2D eigenvalue weighted by Crippen LogP contribution is -2.26. The number of nitrogens with zero attached hydrogens (tertiary/aromatic N) is 5. The fourth-order valence-electron chi connectivity index (χ4n) is 1.96. The maximum absolute atomic E-state index is 12.3. The number of fused-ring (bicyclic) bond motifs is 2. The summed E-state index contributed by atoms with van der Waals surface area (Å²) in [6, 6.07) is 0. The van der Waals surface area contributed by atoms with Gasteiger partial charge in [-0.25, -0.2) is 15.0 Å². The molecule has 1 amide bonds. The predicted molar refractivity (Wildman–Crippen MR) is 69.7 cm³/mol. The quantitative estimate of drug-likeness (QED) is 0.720. The molecule has 0 fully saturated rings. The third-order valence-corrected chi connectivity index (χ3v) is 3.93. The van der Waals surface area contributed by atoms with Gasteiger partial charge in [-0.2, -0.15) is 0 Å². The monoisotopic (exact) mass is 261 g/mol. The molecule has 1 aliphatic rings. The smallest absolute Gasteiger partial charge is 0.279 e. The molecule has 18 heavy (non-hydrogen) atoms. The van der Waals surface area contributed by atoms with E-state index < -0.39 is 0 Å². The first-order valence-corrected chi connectivity index (χ1v) is 6.20.